The van der Waals surface area contributed by atoms with Crippen LogP contribution in [0.2, 0.25) is 0 Å². The van der Waals surface area contributed by atoms with Gasteiger partial charge in [0.1, 0.15) is 11.6 Å². The molecule has 0 spiro atoms. The average Bonchev–Trinajstić information content (AvgIpc) is 3.34. The fraction of sp³-hybridized carbons (Fsp3) is 0.286. The van der Waals surface area contributed by atoms with Crippen LogP contribution in [0, 0.1) is 5.82 Å². The first kappa shape index (κ1) is 18.7. The lowest BCUT2D eigenvalue weighted by atomic mass is 10.1. The molecule has 0 N–H and O–H groups in total. The van der Waals surface area contributed by atoms with E-state index in [1.165, 1.54) is 6.20 Å². The van der Waals surface area contributed by atoms with E-state index in [4.69, 9.17) is 4.98 Å². The van der Waals surface area contributed by atoms with Crippen LogP contribution < -0.4 is 4.90 Å². The van der Waals surface area contributed by atoms with E-state index in [2.05, 4.69) is 35.1 Å². The molecule has 7 heteroatoms. The Morgan fingerprint density at radius 1 is 1.32 bits per heavy atom. The number of allylic oxidation sites excluding steroid dienone is 1. The first-order chi connectivity index (χ1) is 13.6. The number of pyridine rings is 1. The number of aromatic nitrogens is 4. The fourth-order valence-electron chi connectivity index (χ4n) is 3.52. The molecule has 0 bridgehead atoms. The van der Waals surface area contributed by atoms with Crippen LogP contribution in [0.3, 0.4) is 0 Å². The van der Waals surface area contributed by atoms with Crippen LogP contribution in [0.4, 0.5) is 10.2 Å². The second kappa shape index (κ2) is 7.75. The first-order valence-corrected chi connectivity index (χ1v) is 10.1. The van der Waals surface area contributed by atoms with Crippen molar-refractivity contribution in [1.29, 1.82) is 0 Å². The minimum atomic E-state index is -0.310. The highest BCUT2D eigenvalue weighted by Gasteiger charge is 2.28. The second-order valence-corrected chi connectivity index (χ2v) is 8.09. The molecule has 0 aliphatic carbocycles. The Balaban J connectivity index is 1.68. The van der Waals surface area contributed by atoms with Gasteiger partial charge in [0.25, 0.3) is 0 Å². The number of thioether (sulfide) groups is 1. The monoisotopic (exact) mass is 395 g/mol. The van der Waals surface area contributed by atoms with E-state index >= 15 is 0 Å². The number of hydrogen-bond acceptors (Lipinski definition) is 5. The normalized spacial score (nSPS) is 16.6. The minimum absolute atomic E-state index is 0.0713. The van der Waals surface area contributed by atoms with Crippen LogP contribution in [0.5, 0.6) is 0 Å². The quantitative estimate of drug-likeness (QED) is 0.572. The van der Waals surface area contributed by atoms with Crippen LogP contribution in [-0.4, -0.2) is 26.1 Å². The van der Waals surface area contributed by atoms with Crippen molar-refractivity contribution in [2.75, 3.05) is 11.4 Å². The molecule has 144 valence electrons. The van der Waals surface area contributed by atoms with Crippen molar-refractivity contribution in [2.24, 2.45) is 0 Å². The van der Waals surface area contributed by atoms with Crippen LogP contribution in [-0.2, 0) is 0 Å². The van der Waals surface area contributed by atoms with Crippen LogP contribution in [0.15, 0.2) is 55.0 Å². The van der Waals surface area contributed by atoms with Crippen LogP contribution in [0.1, 0.15) is 43.4 Å². The number of anilines is 1. The van der Waals surface area contributed by atoms with Gasteiger partial charge in [-0.15, -0.1) is 0 Å². The highest BCUT2D eigenvalue weighted by molar-refractivity contribution is 8.11. The molecule has 0 amide bonds. The molecule has 1 saturated heterocycles. The number of halogens is 1. The Morgan fingerprint density at radius 2 is 2.18 bits per heavy atom. The standard InChI is InChI=1S/C21H22FN5S/c1-4-14(2)28-15(3)18-13-24-27-9-7-20(25-21(18)27)26-8-5-6-19(26)16-10-17(22)12-23-11-16/h7,9-13,19H,2-6,8H2,1H3. The highest BCUT2D eigenvalue weighted by atomic mass is 32.2. The van der Waals surface area contributed by atoms with E-state index in [0.29, 0.717) is 0 Å². The van der Waals surface area contributed by atoms with Gasteiger partial charge < -0.3 is 4.90 Å². The third-order valence-electron chi connectivity index (χ3n) is 4.97. The fourth-order valence-corrected chi connectivity index (χ4v) is 4.26. The average molecular weight is 396 g/mol. The van der Waals surface area contributed by atoms with Gasteiger partial charge in [-0.1, -0.05) is 31.8 Å². The van der Waals surface area contributed by atoms with Crippen molar-refractivity contribution in [1.82, 2.24) is 19.6 Å². The zero-order valence-electron chi connectivity index (χ0n) is 15.8. The van der Waals surface area contributed by atoms with Crippen molar-refractivity contribution in [2.45, 2.75) is 32.2 Å². The molecule has 5 nitrogen and oxygen atoms in total. The van der Waals surface area contributed by atoms with Crippen molar-refractivity contribution in [3.63, 3.8) is 0 Å². The Morgan fingerprint density at radius 3 is 2.96 bits per heavy atom. The van der Waals surface area contributed by atoms with E-state index in [9.17, 15) is 4.39 Å². The van der Waals surface area contributed by atoms with E-state index < -0.39 is 0 Å². The first-order valence-electron chi connectivity index (χ1n) is 9.33. The molecule has 1 unspecified atom stereocenters. The van der Waals surface area contributed by atoms with Gasteiger partial charge in [-0.05, 0) is 41.9 Å². The number of hydrogen-bond donors (Lipinski definition) is 0. The van der Waals surface area contributed by atoms with Gasteiger partial charge in [0.05, 0.1) is 24.0 Å². The van der Waals surface area contributed by atoms with E-state index in [0.717, 1.165) is 58.2 Å². The predicted octanol–water partition coefficient (Wildman–Crippen LogP) is 5.23. The van der Waals surface area contributed by atoms with Gasteiger partial charge in [-0.2, -0.15) is 5.10 Å². The third-order valence-corrected chi connectivity index (χ3v) is 6.02. The van der Waals surface area contributed by atoms with Crippen molar-refractivity contribution >= 4 is 28.1 Å². The molecule has 3 aromatic rings. The van der Waals surface area contributed by atoms with Gasteiger partial charge in [0.15, 0.2) is 5.65 Å². The maximum Gasteiger partial charge on any atom is 0.165 e. The molecule has 28 heavy (non-hydrogen) atoms. The SMILES string of the molecule is C=C(CC)SC(=C)c1cnn2ccc(N3CCCC3c3cncc(F)c3)nc12. The summed E-state index contributed by atoms with van der Waals surface area (Å²) < 4.78 is 15.4. The topological polar surface area (TPSA) is 46.3 Å². The van der Waals surface area contributed by atoms with Crippen molar-refractivity contribution in [3.8, 4) is 0 Å². The molecule has 1 fully saturated rings. The lowest BCUT2D eigenvalue weighted by Gasteiger charge is -2.26. The summed E-state index contributed by atoms with van der Waals surface area (Å²) in [7, 11) is 0. The van der Waals surface area contributed by atoms with Gasteiger partial charge >= 0.3 is 0 Å². The van der Waals surface area contributed by atoms with E-state index in [1.54, 1.807) is 34.7 Å². The summed E-state index contributed by atoms with van der Waals surface area (Å²) >= 11 is 1.56. The molecule has 4 heterocycles. The lowest BCUT2D eigenvalue weighted by molar-refractivity contribution is 0.610. The molecule has 3 aromatic heterocycles. The Kier molecular flexibility index (Phi) is 5.17. The smallest absolute Gasteiger partial charge is 0.165 e. The number of nitrogens with zero attached hydrogens (tertiary/aromatic N) is 5. The van der Waals surface area contributed by atoms with Crippen LogP contribution >= 0.6 is 11.8 Å². The van der Waals surface area contributed by atoms with Gasteiger partial charge in [0.2, 0.25) is 0 Å². The summed E-state index contributed by atoms with van der Waals surface area (Å²) in [6, 6.07) is 3.59. The van der Waals surface area contributed by atoms with E-state index in [-0.39, 0.29) is 11.9 Å². The second-order valence-electron chi connectivity index (χ2n) is 6.82. The lowest BCUT2D eigenvalue weighted by Crippen LogP contribution is -2.24. The summed E-state index contributed by atoms with van der Waals surface area (Å²) in [5, 5.41) is 4.40. The maximum atomic E-state index is 13.7. The summed E-state index contributed by atoms with van der Waals surface area (Å²) in [5.74, 6) is 0.545. The summed E-state index contributed by atoms with van der Waals surface area (Å²) in [5.41, 5.74) is 2.55. The van der Waals surface area contributed by atoms with Crippen molar-refractivity contribution < 1.29 is 4.39 Å². The number of rotatable bonds is 6. The largest absolute Gasteiger partial charge is 0.349 e. The molecule has 0 radical (unpaired) electrons. The summed E-state index contributed by atoms with van der Waals surface area (Å²) in [6.07, 6.45) is 9.54. The Labute approximate surface area is 168 Å². The Hall–Kier alpha value is -2.67. The maximum absolute atomic E-state index is 13.7. The molecule has 0 saturated carbocycles. The van der Waals surface area contributed by atoms with Crippen molar-refractivity contribution in [3.05, 3.63) is 71.9 Å². The number of fused-ring (bicyclic) bond motifs is 1. The zero-order valence-corrected chi connectivity index (χ0v) is 16.6. The van der Waals surface area contributed by atoms with Gasteiger partial charge in [-0.25, -0.2) is 13.9 Å². The predicted molar refractivity (Wildman–Crippen MR) is 113 cm³/mol. The van der Waals surface area contributed by atoms with Gasteiger partial charge in [-0.3, -0.25) is 4.98 Å². The molecule has 0 aromatic carbocycles. The zero-order chi connectivity index (χ0) is 19.7. The van der Waals surface area contributed by atoms with Gasteiger partial charge in [0, 0.05) is 23.8 Å². The molecule has 1 atom stereocenters. The van der Waals surface area contributed by atoms with E-state index in [1.807, 2.05) is 12.3 Å². The highest BCUT2D eigenvalue weighted by Crippen LogP contribution is 2.37. The summed E-state index contributed by atoms with van der Waals surface area (Å²) in [4.78, 5) is 13.0. The molecule has 1 aliphatic heterocycles. The third kappa shape index (κ3) is 3.54. The molecule has 1 aliphatic rings. The molecular weight excluding hydrogens is 373 g/mol. The molecular formula is C21H22FN5S. The van der Waals surface area contributed by atoms with Crippen LogP contribution in [0.25, 0.3) is 10.6 Å². The Bertz CT molecular complexity index is 1040. The minimum Gasteiger partial charge on any atom is -0.349 e. The summed E-state index contributed by atoms with van der Waals surface area (Å²) in [6.45, 7) is 11.2. The molecule has 4 rings (SSSR count).